The predicted octanol–water partition coefficient (Wildman–Crippen LogP) is 3.09. The highest BCUT2D eigenvalue weighted by molar-refractivity contribution is 14.0. The molecule has 1 unspecified atom stereocenters. The van der Waals surface area contributed by atoms with Crippen LogP contribution in [0.25, 0.3) is 0 Å². The standard InChI is InChI=1S/C22H39N5O.HI/c1-8-23-21(25-15-19-16-26(6)11-12-27(19)7)24-14-18-10-9-17(2)13-20(18)28-22(3,4)5;/h9-10,13,19H,8,11-12,14-16H2,1-7H3,(H2,23,24,25);1H. The fourth-order valence-electron chi connectivity index (χ4n) is 3.26. The number of halogens is 1. The van der Waals surface area contributed by atoms with E-state index in [1.165, 1.54) is 5.56 Å². The maximum Gasteiger partial charge on any atom is 0.191 e. The fourth-order valence-corrected chi connectivity index (χ4v) is 3.26. The first-order chi connectivity index (χ1) is 13.2. The van der Waals surface area contributed by atoms with Crippen LogP contribution in [0, 0.1) is 6.92 Å². The van der Waals surface area contributed by atoms with Crippen molar-refractivity contribution in [2.45, 2.75) is 52.8 Å². The average molecular weight is 518 g/mol. The first-order valence-corrected chi connectivity index (χ1v) is 10.4. The molecular weight excluding hydrogens is 477 g/mol. The van der Waals surface area contributed by atoms with E-state index >= 15 is 0 Å². The van der Waals surface area contributed by atoms with Crippen LogP contribution in [-0.4, -0.2) is 74.2 Å². The molecule has 1 heterocycles. The van der Waals surface area contributed by atoms with Gasteiger partial charge in [-0.2, -0.15) is 0 Å². The molecule has 0 bridgehead atoms. The van der Waals surface area contributed by atoms with Crippen molar-refractivity contribution in [1.82, 2.24) is 20.4 Å². The normalized spacial score (nSPS) is 18.9. The van der Waals surface area contributed by atoms with Gasteiger partial charge in [0.05, 0.1) is 6.54 Å². The third-order valence-electron chi connectivity index (χ3n) is 4.88. The Balaban J connectivity index is 0.00000420. The van der Waals surface area contributed by atoms with Crippen molar-refractivity contribution < 1.29 is 4.74 Å². The van der Waals surface area contributed by atoms with Crippen LogP contribution in [0.15, 0.2) is 23.2 Å². The van der Waals surface area contributed by atoms with Gasteiger partial charge >= 0.3 is 0 Å². The number of aliphatic imine (C=N–C) groups is 1. The van der Waals surface area contributed by atoms with E-state index in [0.29, 0.717) is 12.6 Å². The molecule has 1 aromatic carbocycles. The number of nitrogens with zero attached hydrogens (tertiary/aromatic N) is 3. The minimum absolute atomic E-state index is 0. The monoisotopic (exact) mass is 517 g/mol. The van der Waals surface area contributed by atoms with E-state index in [1.807, 2.05) is 0 Å². The molecule has 0 radical (unpaired) electrons. The minimum atomic E-state index is -0.230. The van der Waals surface area contributed by atoms with Crippen LogP contribution in [0.1, 0.15) is 38.8 Å². The number of hydrogen-bond donors (Lipinski definition) is 2. The summed E-state index contributed by atoms with van der Waals surface area (Å²) in [6.45, 7) is 16.0. The first kappa shape index (κ1) is 26.0. The largest absolute Gasteiger partial charge is 0.488 e. The van der Waals surface area contributed by atoms with E-state index < -0.39 is 0 Å². The van der Waals surface area contributed by atoms with Crippen LogP contribution in [0.4, 0.5) is 0 Å². The van der Waals surface area contributed by atoms with Crippen molar-refractivity contribution in [3.8, 4) is 5.75 Å². The third-order valence-corrected chi connectivity index (χ3v) is 4.88. The highest BCUT2D eigenvalue weighted by Crippen LogP contribution is 2.25. The molecule has 0 amide bonds. The van der Waals surface area contributed by atoms with Gasteiger partial charge < -0.3 is 20.3 Å². The van der Waals surface area contributed by atoms with Crippen LogP contribution in [0.2, 0.25) is 0 Å². The predicted molar refractivity (Wildman–Crippen MR) is 134 cm³/mol. The zero-order chi connectivity index (χ0) is 20.7. The summed E-state index contributed by atoms with van der Waals surface area (Å²) in [5.74, 6) is 1.77. The van der Waals surface area contributed by atoms with Gasteiger partial charge in [0.2, 0.25) is 0 Å². The van der Waals surface area contributed by atoms with Gasteiger partial charge in [-0.1, -0.05) is 12.1 Å². The maximum absolute atomic E-state index is 6.16. The fraction of sp³-hybridized carbons (Fsp3) is 0.682. The zero-order valence-corrected chi connectivity index (χ0v) is 21.5. The second kappa shape index (κ2) is 12.0. The molecule has 1 aliphatic rings. The van der Waals surface area contributed by atoms with E-state index in [9.17, 15) is 0 Å². The van der Waals surface area contributed by atoms with Crippen molar-refractivity contribution >= 4 is 29.9 Å². The molecule has 1 saturated heterocycles. The highest BCUT2D eigenvalue weighted by Gasteiger charge is 2.22. The lowest BCUT2D eigenvalue weighted by atomic mass is 10.1. The molecule has 1 fully saturated rings. The van der Waals surface area contributed by atoms with Gasteiger partial charge in [0.15, 0.2) is 5.96 Å². The van der Waals surface area contributed by atoms with Crippen molar-refractivity contribution in [1.29, 1.82) is 0 Å². The van der Waals surface area contributed by atoms with Gasteiger partial charge in [-0.15, -0.1) is 24.0 Å². The van der Waals surface area contributed by atoms with Crippen molar-refractivity contribution in [2.75, 3.05) is 46.8 Å². The number of piperazine rings is 1. The average Bonchev–Trinajstić information content (AvgIpc) is 2.60. The van der Waals surface area contributed by atoms with Crippen molar-refractivity contribution in [3.05, 3.63) is 29.3 Å². The quantitative estimate of drug-likeness (QED) is 0.345. The molecule has 166 valence electrons. The van der Waals surface area contributed by atoms with E-state index in [2.05, 4.69) is 87.3 Å². The number of benzene rings is 1. The Morgan fingerprint density at radius 1 is 1.21 bits per heavy atom. The van der Waals surface area contributed by atoms with Gasteiger partial charge in [0, 0.05) is 44.3 Å². The van der Waals surface area contributed by atoms with E-state index in [-0.39, 0.29) is 29.6 Å². The summed E-state index contributed by atoms with van der Waals surface area (Å²) < 4.78 is 6.16. The molecule has 1 aromatic rings. The molecule has 6 nitrogen and oxygen atoms in total. The molecule has 0 spiro atoms. The minimum Gasteiger partial charge on any atom is -0.488 e. The Labute approximate surface area is 194 Å². The Morgan fingerprint density at radius 3 is 2.59 bits per heavy atom. The Kier molecular flexibility index (Phi) is 10.7. The summed E-state index contributed by atoms with van der Waals surface area (Å²) in [5, 5.41) is 6.88. The molecule has 1 atom stereocenters. The summed E-state index contributed by atoms with van der Waals surface area (Å²) in [5.41, 5.74) is 2.07. The number of rotatable bonds is 6. The number of guanidine groups is 1. The lowest BCUT2D eigenvalue weighted by molar-refractivity contribution is 0.116. The van der Waals surface area contributed by atoms with Gasteiger partial charge in [0.1, 0.15) is 11.4 Å². The molecule has 0 aromatic heterocycles. The summed E-state index contributed by atoms with van der Waals surface area (Å²) in [6.07, 6.45) is 0. The zero-order valence-electron chi connectivity index (χ0n) is 19.2. The van der Waals surface area contributed by atoms with Crippen molar-refractivity contribution in [3.63, 3.8) is 0 Å². The summed E-state index contributed by atoms with van der Waals surface area (Å²) in [6, 6.07) is 6.83. The number of aryl methyl sites for hydroxylation is 1. The van der Waals surface area contributed by atoms with E-state index in [0.717, 1.165) is 50.0 Å². The van der Waals surface area contributed by atoms with Crippen molar-refractivity contribution in [2.24, 2.45) is 4.99 Å². The number of ether oxygens (including phenoxy) is 1. The van der Waals surface area contributed by atoms with E-state index in [4.69, 9.17) is 9.73 Å². The highest BCUT2D eigenvalue weighted by atomic mass is 127. The molecule has 2 rings (SSSR count). The number of hydrogen-bond acceptors (Lipinski definition) is 4. The Hall–Kier alpha value is -1.06. The summed E-state index contributed by atoms with van der Waals surface area (Å²) in [7, 11) is 4.39. The van der Waals surface area contributed by atoms with Gasteiger partial charge in [0.25, 0.3) is 0 Å². The van der Waals surface area contributed by atoms with E-state index in [1.54, 1.807) is 0 Å². The molecule has 7 heteroatoms. The van der Waals surface area contributed by atoms with Gasteiger partial charge in [-0.3, -0.25) is 4.90 Å². The lowest BCUT2D eigenvalue weighted by Gasteiger charge is -2.37. The summed E-state index contributed by atoms with van der Waals surface area (Å²) >= 11 is 0. The van der Waals surface area contributed by atoms with Crippen LogP contribution in [-0.2, 0) is 6.54 Å². The number of likely N-dealkylation sites (N-methyl/N-ethyl adjacent to an activating group) is 2. The molecular formula is C22H40IN5O. The Morgan fingerprint density at radius 2 is 1.93 bits per heavy atom. The summed E-state index contributed by atoms with van der Waals surface area (Å²) in [4.78, 5) is 9.62. The maximum atomic E-state index is 6.16. The molecule has 1 aliphatic heterocycles. The lowest BCUT2D eigenvalue weighted by Crippen LogP contribution is -2.55. The molecule has 0 aliphatic carbocycles. The number of nitrogens with one attached hydrogen (secondary N) is 2. The molecule has 29 heavy (non-hydrogen) atoms. The second-order valence-electron chi connectivity index (χ2n) is 8.80. The molecule has 2 N–H and O–H groups in total. The third kappa shape index (κ3) is 9.09. The smallest absolute Gasteiger partial charge is 0.191 e. The topological polar surface area (TPSA) is 52.1 Å². The van der Waals surface area contributed by atoms with Crippen LogP contribution in [0.5, 0.6) is 5.75 Å². The van der Waals surface area contributed by atoms with Gasteiger partial charge in [-0.25, -0.2) is 4.99 Å². The van der Waals surface area contributed by atoms with Crippen LogP contribution >= 0.6 is 24.0 Å². The molecule has 0 saturated carbocycles. The SMILES string of the molecule is CCNC(=NCc1ccc(C)cc1OC(C)(C)C)NCC1CN(C)CCN1C.I. The second-order valence-corrected chi connectivity index (χ2v) is 8.80. The van der Waals surface area contributed by atoms with Crippen LogP contribution in [0.3, 0.4) is 0 Å². The Bertz CT molecular complexity index is 659. The first-order valence-electron chi connectivity index (χ1n) is 10.4. The van der Waals surface area contributed by atoms with Crippen LogP contribution < -0.4 is 15.4 Å². The van der Waals surface area contributed by atoms with Gasteiger partial charge in [-0.05, 0) is 60.3 Å².